The van der Waals surface area contributed by atoms with Crippen molar-refractivity contribution in [3.63, 3.8) is 0 Å². The molecule has 5 heteroatoms. The van der Waals surface area contributed by atoms with Gasteiger partial charge in [0.1, 0.15) is 0 Å². The summed E-state index contributed by atoms with van der Waals surface area (Å²) in [6.07, 6.45) is 3.24. The lowest BCUT2D eigenvalue weighted by atomic mass is 9.97. The van der Waals surface area contributed by atoms with Gasteiger partial charge in [-0.25, -0.2) is 0 Å². The van der Waals surface area contributed by atoms with Crippen molar-refractivity contribution in [2.45, 2.75) is 57.9 Å². The fraction of sp³-hybridized carbons (Fsp3) is 0.684. The summed E-state index contributed by atoms with van der Waals surface area (Å²) in [6, 6.07) is 6.79. The van der Waals surface area contributed by atoms with Crippen LogP contribution in [-0.4, -0.2) is 55.6 Å². The number of piperidine rings is 1. The summed E-state index contributed by atoms with van der Waals surface area (Å²) >= 11 is 0. The number of likely N-dealkylation sites (tertiary alicyclic amines) is 1. The largest absolute Gasteiger partial charge is 0.493 e. The van der Waals surface area contributed by atoms with E-state index < -0.39 is 6.10 Å². The van der Waals surface area contributed by atoms with Crippen LogP contribution in [0.25, 0.3) is 0 Å². The Morgan fingerprint density at radius 1 is 1.12 bits per heavy atom. The second kappa shape index (κ2) is 9.25. The van der Waals surface area contributed by atoms with Crippen molar-refractivity contribution in [2.24, 2.45) is 0 Å². The van der Waals surface area contributed by atoms with Crippen molar-refractivity contribution in [1.29, 1.82) is 0 Å². The number of hydrogen-bond donors (Lipinski definition) is 1. The molecule has 1 N–H and O–H groups in total. The van der Waals surface area contributed by atoms with Crippen LogP contribution in [0.5, 0.6) is 11.5 Å². The maximum atomic E-state index is 10.3. The number of rotatable bonds is 8. The van der Waals surface area contributed by atoms with Gasteiger partial charge >= 0.3 is 0 Å². The molecule has 0 spiro atoms. The van der Waals surface area contributed by atoms with E-state index in [2.05, 4.69) is 18.7 Å². The van der Waals surface area contributed by atoms with Crippen LogP contribution in [0.4, 0.5) is 0 Å². The number of methoxy groups -OCH3 is 2. The molecule has 1 fully saturated rings. The van der Waals surface area contributed by atoms with E-state index in [0.29, 0.717) is 43.3 Å². The first-order valence-corrected chi connectivity index (χ1v) is 8.77. The van der Waals surface area contributed by atoms with Gasteiger partial charge in [0.15, 0.2) is 11.5 Å². The summed E-state index contributed by atoms with van der Waals surface area (Å²) in [4.78, 5) is 2.40. The Morgan fingerprint density at radius 2 is 1.79 bits per heavy atom. The highest BCUT2D eigenvalue weighted by atomic mass is 16.5. The van der Waals surface area contributed by atoms with Gasteiger partial charge in [-0.1, -0.05) is 12.5 Å². The maximum absolute atomic E-state index is 10.3. The molecular formula is C19H31NO4. The molecule has 1 aliphatic heterocycles. The fourth-order valence-electron chi connectivity index (χ4n) is 3.41. The Bertz CT molecular complexity index is 498. The standard InChI is InChI=1S/C19H31NO4/c1-14-6-5-7-15(2)20(14)11-17(21)13-24-12-16-8-9-18(22-3)19(10-16)23-4/h8-10,14-15,17,21H,5-7,11-13H2,1-4H3/t14-,15-,17-/m1/s1. The van der Waals surface area contributed by atoms with Gasteiger partial charge in [-0.3, -0.25) is 4.90 Å². The van der Waals surface area contributed by atoms with Crippen LogP contribution in [0.3, 0.4) is 0 Å². The number of aliphatic hydroxyl groups excluding tert-OH is 1. The molecule has 0 radical (unpaired) electrons. The highest BCUT2D eigenvalue weighted by Gasteiger charge is 2.26. The Balaban J connectivity index is 1.79. The van der Waals surface area contributed by atoms with Gasteiger partial charge in [0, 0.05) is 18.6 Å². The second-order valence-electron chi connectivity index (χ2n) is 6.68. The minimum atomic E-state index is -0.465. The van der Waals surface area contributed by atoms with E-state index in [1.54, 1.807) is 14.2 Å². The highest BCUT2D eigenvalue weighted by Crippen LogP contribution is 2.28. The van der Waals surface area contributed by atoms with Gasteiger partial charge in [-0.15, -0.1) is 0 Å². The zero-order valence-electron chi connectivity index (χ0n) is 15.3. The lowest BCUT2D eigenvalue weighted by molar-refractivity contribution is -0.0135. The first-order chi connectivity index (χ1) is 11.5. The van der Waals surface area contributed by atoms with E-state index in [-0.39, 0.29) is 0 Å². The third-order valence-corrected chi connectivity index (χ3v) is 4.82. The quantitative estimate of drug-likeness (QED) is 0.790. The summed E-state index contributed by atoms with van der Waals surface area (Å²) in [5, 5.41) is 10.3. The molecule has 0 unspecified atom stereocenters. The molecule has 1 saturated heterocycles. The third-order valence-electron chi connectivity index (χ3n) is 4.82. The molecule has 136 valence electrons. The molecule has 0 amide bonds. The van der Waals surface area contributed by atoms with Crippen molar-refractivity contribution in [3.05, 3.63) is 23.8 Å². The number of benzene rings is 1. The number of hydrogen-bond acceptors (Lipinski definition) is 5. The van der Waals surface area contributed by atoms with Crippen LogP contribution in [0.2, 0.25) is 0 Å². The molecule has 1 aliphatic rings. The second-order valence-corrected chi connectivity index (χ2v) is 6.68. The molecule has 2 rings (SSSR count). The maximum Gasteiger partial charge on any atom is 0.161 e. The first-order valence-electron chi connectivity index (χ1n) is 8.77. The lowest BCUT2D eigenvalue weighted by Crippen LogP contribution is -2.48. The summed E-state index contributed by atoms with van der Waals surface area (Å²) in [7, 11) is 3.24. The summed E-state index contributed by atoms with van der Waals surface area (Å²) in [5.41, 5.74) is 1.000. The van der Waals surface area contributed by atoms with Gasteiger partial charge in [0.25, 0.3) is 0 Å². The molecule has 24 heavy (non-hydrogen) atoms. The van der Waals surface area contributed by atoms with Crippen molar-refractivity contribution in [3.8, 4) is 11.5 Å². The van der Waals surface area contributed by atoms with Crippen LogP contribution in [0.1, 0.15) is 38.7 Å². The van der Waals surface area contributed by atoms with Gasteiger partial charge < -0.3 is 19.3 Å². The van der Waals surface area contributed by atoms with Gasteiger partial charge in [-0.2, -0.15) is 0 Å². The number of nitrogens with zero attached hydrogens (tertiary/aromatic N) is 1. The van der Waals surface area contributed by atoms with Crippen LogP contribution < -0.4 is 9.47 Å². The van der Waals surface area contributed by atoms with Gasteiger partial charge in [-0.05, 0) is 44.4 Å². The molecule has 1 aromatic carbocycles. The highest BCUT2D eigenvalue weighted by molar-refractivity contribution is 5.42. The normalized spacial score (nSPS) is 23.0. The van der Waals surface area contributed by atoms with Crippen molar-refractivity contribution >= 4 is 0 Å². The minimum absolute atomic E-state index is 0.338. The van der Waals surface area contributed by atoms with Gasteiger partial charge in [0.05, 0.1) is 33.5 Å². The Kier molecular flexibility index (Phi) is 7.34. The molecule has 5 nitrogen and oxygen atoms in total. The molecule has 0 saturated carbocycles. The predicted molar refractivity (Wildman–Crippen MR) is 94.7 cm³/mol. The number of aliphatic hydroxyl groups is 1. The number of ether oxygens (including phenoxy) is 3. The average Bonchev–Trinajstić information content (AvgIpc) is 2.58. The average molecular weight is 337 g/mol. The first kappa shape index (κ1) is 19.0. The monoisotopic (exact) mass is 337 g/mol. The van der Waals surface area contributed by atoms with E-state index in [1.807, 2.05) is 18.2 Å². The Hall–Kier alpha value is -1.30. The minimum Gasteiger partial charge on any atom is -0.493 e. The Morgan fingerprint density at radius 3 is 2.42 bits per heavy atom. The molecule has 0 aliphatic carbocycles. The van der Waals surface area contributed by atoms with Gasteiger partial charge in [0.2, 0.25) is 0 Å². The van der Waals surface area contributed by atoms with Crippen LogP contribution >= 0.6 is 0 Å². The molecule has 1 aromatic rings. The van der Waals surface area contributed by atoms with Crippen molar-refractivity contribution in [1.82, 2.24) is 4.90 Å². The van der Waals surface area contributed by atoms with Crippen molar-refractivity contribution in [2.75, 3.05) is 27.4 Å². The molecular weight excluding hydrogens is 306 g/mol. The third kappa shape index (κ3) is 5.10. The predicted octanol–water partition coefficient (Wildman–Crippen LogP) is 2.84. The van der Waals surface area contributed by atoms with E-state index in [4.69, 9.17) is 14.2 Å². The van der Waals surface area contributed by atoms with Crippen LogP contribution in [0, 0.1) is 0 Å². The van der Waals surface area contributed by atoms with E-state index >= 15 is 0 Å². The summed E-state index contributed by atoms with van der Waals surface area (Å²) in [5.74, 6) is 1.39. The van der Waals surface area contributed by atoms with E-state index in [0.717, 1.165) is 5.56 Å². The zero-order valence-corrected chi connectivity index (χ0v) is 15.3. The Labute approximate surface area is 145 Å². The zero-order chi connectivity index (χ0) is 17.5. The molecule has 0 bridgehead atoms. The van der Waals surface area contributed by atoms with E-state index in [1.165, 1.54) is 19.3 Å². The fourth-order valence-corrected chi connectivity index (χ4v) is 3.41. The molecule has 3 atom stereocenters. The topological polar surface area (TPSA) is 51.2 Å². The van der Waals surface area contributed by atoms with Crippen molar-refractivity contribution < 1.29 is 19.3 Å². The summed E-state index contributed by atoms with van der Waals surface area (Å²) in [6.45, 7) is 5.95. The van der Waals surface area contributed by atoms with Crippen LogP contribution in [0.15, 0.2) is 18.2 Å². The smallest absolute Gasteiger partial charge is 0.161 e. The summed E-state index contributed by atoms with van der Waals surface area (Å²) < 4.78 is 16.2. The van der Waals surface area contributed by atoms with E-state index in [9.17, 15) is 5.11 Å². The SMILES string of the molecule is COc1ccc(COC[C@H](O)CN2[C@H](C)CCC[C@H]2C)cc1OC. The molecule has 1 heterocycles. The van der Waals surface area contributed by atoms with Crippen LogP contribution in [-0.2, 0) is 11.3 Å². The number of β-amino-alcohol motifs (C(OH)–C–C–N with tert-alkyl or cyclic N) is 1. The lowest BCUT2D eigenvalue weighted by Gasteiger charge is -2.40. The molecule has 0 aromatic heterocycles.